The molecule has 1 saturated heterocycles. The summed E-state index contributed by atoms with van der Waals surface area (Å²) >= 11 is 0. The smallest absolute Gasteiger partial charge is 0.410 e. The molecule has 0 saturated carbocycles. The zero-order chi connectivity index (χ0) is 20.0. The predicted molar refractivity (Wildman–Crippen MR) is 106 cm³/mol. The molecule has 1 aliphatic heterocycles. The van der Waals surface area contributed by atoms with Gasteiger partial charge in [0.2, 0.25) is 5.91 Å². The molecular weight excluding hydrogens is 344 g/mol. The van der Waals surface area contributed by atoms with Crippen molar-refractivity contribution in [3.8, 4) is 5.75 Å². The Labute approximate surface area is 161 Å². The van der Waals surface area contributed by atoms with Crippen molar-refractivity contribution in [2.75, 3.05) is 20.2 Å². The van der Waals surface area contributed by atoms with Gasteiger partial charge in [-0.25, -0.2) is 4.79 Å². The zero-order valence-electron chi connectivity index (χ0n) is 16.7. The molecule has 1 aromatic rings. The lowest BCUT2D eigenvalue weighted by atomic mass is 10.0. The number of methoxy groups -OCH3 is 1. The Bertz CT molecular complexity index is 694. The summed E-state index contributed by atoms with van der Waals surface area (Å²) in [4.78, 5) is 26.4. The highest BCUT2D eigenvalue weighted by Gasteiger charge is 2.28. The molecule has 1 aromatic carbocycles. The molecule has 0 bridgehead atoms. The lowest BCUT2D eigenvalue weighted by Gasteiger charge is -2.34. The fourth-order valence-electron chi connectivity index (χ4n) is 3.10. The van der Waals surface area contributed by atoms with Crippen molar-refractivity contribution in [3.63, 3.8) is 0 Å². The molecule has 1 unspecified atom stereocenters. The van der Waals surface area contributed by atoms with Crippen molar-refractivity contribution >= 4 is 18.1 Å². The van der Waals surface area contributed by atoms with Gasteiger partial charge in [-0.1, -0.05) is 18.7 Å². The van der Waals surface area contributed by atoms with Crippen molar-refractivity contribution < 1.29 is 19.1 Å². The second-order valence-electron chi connectivity index (χ2n) is 7.79. The zero-order valence-corrected chi connectivity index (χ0v) is 16.7. The van der Waals surface area contributed by atoms with Gasteiger partial charge >= 0.3 is 6.09 Å². The summed E-state index contributed by atoms with van der Waals surface area (Å²) in [6.07, 6.45) is 3.30. The van der Waals surface area contributed by atoms with Crippen LogP contribution in [-0.2, 0) is 16.0 Å². The van der Waals surface area contributed by atoms with Crippen LogP contribution in [0.5, 0.6) is 5.75 Å². The number of ether oxygens (including phenoxy) is 2. The van der Waals surface area contributed by atoms with Gasteiger partial charge in [0.15, 0.2) is 0 Å². The van der Waals surface area contributed by atoms with E-state index >= 15 is 0 Å². The number of carbonyl (C=O) groups excluding carboxylic acids is 2. The first-order valence-corrected chi connectivity index (χ1v) is 9.28. The minimum absolute atomic E-state index is 0.0765. The Kier molecular flexibility index (Phi) is 6.88. The Balaban J connectivity index is 1.95. The Hall–Kier alpha value is -2.50. The van der Waals surface area contributed by atoms with Crippen LogP contribution in [0.15, 0.2) is 24.8 Å². The van der Waals surface area contributed by atoms with E-state index in [0.29, 0.717) is 18.8 Å². The van der Waals surface area contributed by atoms with Gasteiger partial charge < -0.3 is 19.7 Å². The SMILES string of the molecule is C=Cc1ccc(OC)c(CC(=O)NC2CCCN(C(=O)OC(C)(C)C)C2)c1. The van der Waals surface area contributed by atoms with E-state index in [9.17, 15) is 9.59 Å². The van der Waals surface area contributed by atoms with Crippen molar-refractivity contribution in [1.82, 2.24) is 10.2 Å². The fourth-order valence-corrected chi connectivity index (χ4v) is 3.10. The third-order valence-electron chi connectivity index (χ3n) is 4.33. The standard InChI is InChI=1S/C21H30N2O4/c1-6-15-9-10-18(26-5)16(12-15)13-19(24)22-17-8-7-11-23(14-17)20(25)27-21(2,3)4/h6,9-10,12,17H,1,7-8,11,13-14H2,2-5H3,(H,22,24). The highest BCUT2D eigenvalue weighted by Crippen LogP contribution is 2.21. The minimum atomic E-state index is -0.528. The molecule has 0 radical (unpaired) electrons. The van der Waals surface area contributed by atoms with Crippen molar-refractivity contribution in [3.05, 3.63) is 35.9 Å². The summed E-state index contributed by atoms with van der Waals surface area (Å²) in [6.45, 7) is 10.4. The molecule has 1 atom stereocenters. The number of carbonyl (C=O) groups is 2. The summed E-state index contributed by atoms with van der Waals surface area (Å²) in [6, 6.07) is 5.56. The molecule has 1 heterocycles. The van der Waals surface area contributed by atoms with E-state index in [-0.39, 0.29) is 24.5 Å². The molecule has 2 rings (SSSR count). The third kappa shape index (κ3) is 6.31. The molecule has 1 aliphatic rings. The van der Waals surface area contributed by atoms with Gasteiger partial charge in [-0.15, -0.1) is 0 Å². The number of nitrogens with one attached hydrogen (secondary N) is 1. The summed E-state index contributed by atoms with van der Waals surface area (Å²) in [5, 5.41) is 3.03. The lowest BCUT2D eigenvalue weighted by molar-refractivity contribution is -0.121. The van der Waals surface area contributed by atoms with Crippen molar-refractivity contribution in [2.45, 2.75) is 51.7 Å². The highest BCUT2D eigenvalue weighted by atomic mass is 16.6. The van der Waals surface area contributed by atoms with Crippen molar-refractivity contribution in [1.29, 1.82) is 0 Å². The molecular formula is C21H30N2O4. The Morgan fingerprint density at radius 1 is 1.37 bits per heavy atom. The fraction of sp³-hybridized carbons (Fsp3) is 0.524. The summed E-state index contributed by atoms with van der Waals surface area (Å²) in [5.74, 6) is 0.584. The van der Waals surface area contributed by atoms with E-state index < -0.39 is 5.60 Å². The maximum atomic E-state index is 12.5. The second kappa shape index (κ2) is 8.93. The average Bonchev–Trinajstić information content (AvgIpc) is 2.60. The van der Waals surface area contributed by atoms with Crippen LogP contribution in [-0.4, -0.2) is 48.7 Å². The number of piperidine rings is 1. The van der Waals surface area contributed by atoms with Gasteiger partial charge in [0.1, 0.15) is 11.4 Å². The monoisotopic (exact) mass is 374 g/mol. The van der Waals surface area contributed by atoms with Gasteiger partial charge in [0.25, 0.3) is 0 Å². The van der Waals surface area contributed by atoms with Crippen molar-refractivity contribution in [2.24, 2.45) is 0 Å². The molecule has 6 nitrogen and oxygen atoms in total. The summed E-state index contributed by atoms with van der Waals surface area (Å²) in [7, 11) is 1.59. The van der Waals surface area contributed by atoms with E-state index in [1.807, 2.05) is 39.0 Å². The first kappa shape index (κ1) is 20.8. The average molecular weight is 374 g/mol. The maximum Gasteiger partial charge on any atom is 0.410 e. The first-order valence-electron chi connectivity index (χ1n) is 9.28. The van der Waals surface area contributed by atoms with Crippen LogP contribution < -0.4 is 10.1 Å². The van der Waals surface area contributed by atoms with Gasteiger partial charge in [0, 0.05) is 24.7 Å². The third-order valence-corrected chi connectivity index (χ3v) is 4.33. The number of benzene rings is 1. The summed E-state index contributed by atoms with van der Waals surface area (Å²) in [5.41, 5.74) is 1.22. The normalized spacial score (nSPS) is 17.2. The number of hydrogen-bond donors (Lipinski definition) is 1. The molecule has 2 amide bonds. The Morgan fingerprint density at radius 3 is 2.74 bits per heavy atom. The Morgan fingerprint density at radius 2 is 2.11 bits per heavy atom. The quantitative estimate of drug-likeness (QED) is 0.858. The van der Waals surface area contributed by atoms with E-state index in [4.69, 9.17) is 9.47 Å². The number of amides is 2. The maximum absolute atomic E-state index is 12.5. The van der Waals surface area contributed by atoms with Crippen LogP contribution in [0.2, 0.25) is 0 Å². The molecule has 148 valence electrons. The molecule has 6 heteroatoms. The number of likely N-dealkylation sites (tertiary alicyclic amines) is 1. The van der Waals surface area contributed by atoms with E-state index in [0.717, 1.165) is 24.0 Å². The lowest BCUT2D eigenvalue weighted by Crippen LogP contribution is -2.51. The van der Waals surface area contributed by atoms with Crippen LogP contribution >= 0.6 is 0 Å². The van der Waals surface area contributed by atoms with Crippen LogP contribution in [0, 0.1) is 0 Å². The van der Waals surface area contributed by atoms with Crippen LogP contribution in [0.4, 0.5) is 4.79 Å². The number of nitrogens with zero attached hydrogens (tertiary/aromatic N) is 1. The van der Waals surface area contributed by atoms with E-state index in [2.05, 4.69) is 11.9 Å². The van der Waals surface area contributed by atoms with E-state index in [1.54, 1.807) is 18.1 Å². The van der Waals surface area contributed by atoms with Crippen LogP contribution in [0.1, 0.15) is 44.7 Å². The van der Waals surface area contributed by atoms with Crippen LogP contribution in [0.3, 0.4) is 0 Å². The molecule has 27 heavy (non-hydrogen) atoms. The minimum Gasteiger partial charge on any atom is -0.496 e. The molecule has 0 spiro atoms. The second-order valence-corrected chi connectivity index (χ2v) is 7.79. The largest absolute Gasteiger partial charge is 0.496 e. The molecule has 0 aromatic heterocycles. The van der Waals surface area contributed by atoms with Gasteiger partial charge in [-0.3, -0.25) is 4.79 Å². The number of rotatable bonds is 5. The first-order chi connectivity index (χ1) is 12.7. The predicted octanol–water partition coefficient (Wildman–Crippen LogP) is 3.40. The molecule has 1 N–H and O–H groups in total. The summed E-state index contributed by atoms with van der Waals surface area (Å²) < 4.78 is 10.8. The number of hydrogen-bond acceptors (Lipinski definition) is 4. The van der Waals surface area contributed by atoms with Gasteiger partial charge in [-0.05, 0) is 51.3 Å². The van der Waals surface area contributed by atoms with Gasteiger partial charge in [-0.2, -0.15) is 0 Å². The van der Waals surface area contributed by atoms with Gasteiger partial charge in [0.05, 0.1) is 13.5 Å². The highest BCUT2D eigenvalue weighted by molar-refractivity contribution is 5.80. The molecule has 1 fully saturated rings. The van der Waals surface area contributed by atoms with Crippen LogP contribution in [0.25, 0.3) is 6.08 Å². The topological polar surface area (TPSA) is 67.9 Å². The molecule has 0 aliphatic carbocycles. The van der Waals surface area contributed by atoms with E-state index in [1.165, 1.54) is 0 Å².